The van der Waals surface area contributed by atoms with Crippen molar-refractivity contribution in [2.24, 2.45) is 0 Å². The summed E-state index contributed by atoms with van der Waals surface area (Å²) in [5.74, 6) is -1.00. The van der Waals surface area contributed by atoms with Crippen LogP contribution < -0.4 is 5.32 Å². The number of amides is 1. The van der Waals surface area contributed by atoms with Gasteiger partial charge in [0.15, 0.2) is 6.61 Å². The minimum atomic E-state index is -0.814. The van der Waals surface area contributed by atoms with Gasteiger partial charge in [-0.05, 0) is 42.9 Å². The van der Waals surface area contributed by atoms with Gasteiger partial charge in [-0.3, -0.25) is 4.79 Å². The second kappa shape index (κ2) is 7.83. The predicted molar refractivity (Wildman–Crippen MR) is 97.1 cm³/mol. The Morgan fingerprint density at radius 3 is 2.38 bits per heavy atom. The van der Waals surface area contributed by atoms with Gasteiger partial charge in [-0.1, -0.05) is 48.5 Å². The third-order valence-electron chi connectivity index (χ3n) is 4.62. The van der Waals surface area contributed by atoms with Gasteiger partial charge < -0.3 is 10.1 Å². The number of ether oxygens (including phenoxy) is 1. The van der Waals surface area contributed by atoms with Gasteiger partial charge in [0.1, 0.15) is 5.54 Å². The van der Waals surface area contributed by atoms with E-state index in [-0.39, 0.29) is 0 Å². The molecule has 0 spiro atoms. The number of nitriles is 1. The maximum absolute atomic E-state index is 12.5. The van der Waals surface area contributed by atoms with Crippen molar-refractivity contribution in [2.45, 2.75) is 31.2 Å². The largest absolute Gasteiger partial charge is 0.452 e. The highest BCUT2D eigenvalue weighted by molar-refractivity contribution is 5.98. The summed E-state index contributed by atoms with van der Waals surface area (Å²) in [4.78, 5) is 24.6. The fourth-order valence-electron chi connectivity index (χ4n) is 3.29. The van der Waals surface area contributed by atoms with E-state index in [4.69, 9.17) is 4.74 Å². The number of nitrogens with zero attached hydrogens (tertiary/aromatic N) is 1. The molecule has 1 N–H and O–H groups in total. The van der Waals surface area contributed by atoms with Crippen molar-refractivity contribution < 1.29 is 14.3 Å². The molecule has 0 bridgehead atoms. The van der Waals surface area contributed by atoms with E-state index < -0.39 is 24.0 Å². The van der Waals surface area contributed by atoms with Crippen molar-refractivity contribution in [2.75, 3.05) is 6.61 Å². The third kappa shape index (κ3) is 3.92. The van der Waals surface area contributed by atoms with Crippen LogP contribution in [-0.2, 0) is 9.53 Å². The van der Waals surface area contributed by atoms with Crippen LogP contribution in [0, 0.1) is 11.3 Å². The molecule has 1 aliphatic carbocycles. The maximum Gasteiger partial charge on any atom is 0.339 e. The van der Waals surface area contributed by atoms with Crippen molar-refractivity contribution in [3.63, 3.8) is 0 Å². The number of rotatable bonds is 5. The average molecular weight is 348 g/mol. The molecule has 0 atom stereocenters. The highest BCUT2D eigenvalue weighted by Gasteiger charge is 2.35. The number of benzene rings is 2. The molecule has 1 aliphatic rings. The van der Waals surface area contributed by atoms with Gasteiger partial charge in [-0.25, -0.2) is 4.79 Å². The summed E-state index contributed by atoms with van der Waals surface area (Å²) in [6.07, 6.45) is 3.11. The van der Waals surface area contributed by atoms with Crippen molar-refractivity contribution >= 4 is 11.9 Å². The molecule has 0 saturated heterocycles. The lowest BCUT2D eigenvalue weighted by Crippen LogP contribution is -2.46. The molecule has 1 saturated carbocycles. The molecule has 1 amide bonds. The van der Waals surface area contributed by atoms with Gasteiger partial charge in [-0.2, -0.15) is 5.26 Å². The summed E-state index contributed by atoms with van der Waals surface area (Å²) in [5.41, 5.74) is 1.25. The molecule has 1 fully saturated rings. The lowest BCUT2D eigenvalue weighted by atomic mass is 10.00. The highest BCUT2D eigenvalue weighted by Crippen LogP contribution is 2.29. The van der Waals surface area contributed by atoms with Crippen LogP contribution >= 0.6 is 0 Å². The Morgan fingerprint density at radius 1 is 1.04 bits per heavy atom. The van der Waals surface area contributed by atoms with E-state index in [0.29, 0.717) is 18.4 Å². The summed E-state index contributed by atoms with van der Waals surface area (Å²) in [5, 5.41) is 12.0. The second-order valence-corrected chi connectivity index (χ2v) is 6.44. The number of carbonyl (C=O) groups excluding carboxylic acids is 2. The minimum absolute atomic E-state index is 0.397. The first-order valence-electron chi connectivity index (χ1n) is 8.67. The van der Waals surface area contributed by atoms with Crippen molar-refractivity contribution in [1.29, 1.82) is 5.26 Å². The van der Waals surface area contributed by atoms with E-state index >= 15 is 0 Å². The Labute approximate surface area is 152 Å². The SMILES string of the molecule is N#CC1(NC(=O)COC(=O)c2ccccc2-c2ccccc2)CCCC1. The lowest BCUT2D eigenvalue weighted by Gasteiger charge is -2.21. The molecule has 5 nitrogen and oxygen atoms in total. The number of hydrogen-bond acceptors (Lipinski definition) is 4. The zero-order valence-corrected chi connectivity index (χ0v) is 14.4. The zero-order chi connectivity index (χ0) is 18.4. The van der Waals surface area contributed by atoms with E-state index in [2.05, 4.69) is 11.4 Å². The molecular weight excluding hydrogens is 328 g/mol. The smallest absolute Gasteiger partial charge is 0.339 e. The number of nitrogens with one attached hydrogen (secondary N) is 1. The van der Waals surface area contributed by atoms with Crippen LogP contribution in [-0.4, -0.2) is 24.0 Å². The number of carbonyl (C=O) groups is 2. The Hall–Kier alpha value is -3.13. The van der Waals surface area contributed by atoms with Gasteiger partial charge in [-0.15, -0.1) is 0 Å². The Bertz CT molecular complexity index is 834. The molecular formula is C21H20N2O3. The fourth-order valence-corrected chi connectivity index (χ4v) is 3.29. The molecule has 0 unspecified atom stereocenters. The van der Waals surface area contributed by atoms with Crippen LogP contribution in [0.2, 0.25) is 0 Å². The van der Waals surface area contributed by atoms with Gasteiger partial charge >= 0.3 is 5.97 Å². The molecule has 2 aromatic rings. The molecule has 0 radical (unpaired) electrons. The van der Waals surface area contributed by atoms with Crippen molar-refractivity contribution in [3.05, 3.63) is 60.2 Å². The van der Waals surface area contributed by atoms with Gasteiger partial charge in [0, 0.05) is 0 Å². The second-order valence-electron chi connectivity index (χ2n) is 6.44. The van der Waals surface area contributed by atoms with Gasteiger partial charge in [0.05, 0.1) is 11.6 Å². The molecule has 0 aromatic heterocycles. The monoisotopic (exact) mass is 348 g/mol. The Morgan fingerprint density at radius 2 is 1.69 bits per heavy atom. The number of esters is 1. The summed E-state index contributed by atoms with van der Waals surface area (Å²) in [6.45, 7) is -0.397. The quantitative estimate of drug-likeness (QED) is 0.839. The highest BCUT2D eigenvalue weighted by atomic mass is 16.5. The van der Waals surface area contributed by atoms with Crippen LogP contribution in [0.4, 0.5) is 0 Å². The zero-order valence-electron chi connectivity index (χ0n) is 14.4. The standard InChI is InChI=1S/C21H20N2O3/c22-15-21(12-6-7-13-21)23-19(24)14-26-20(25)18-11-5-4-10-17(18)16-8-2-1-3-9-16/h1-5,8-11H,6-7,12-14H2,(H,23,24). The molecule has 5 heteroatoms. The van der Waals surface area contributed by atoms with Crippen LogP contribution in [0.15, 0.2) is 54.6 Å². The summed E-state index contributed by atoms with van der Waals surface area (Å²) >= 11 is 0. The van der Waals surface area contributed by atoms with Gasteiger partial charge in [0.25, 0.3) is 5.91 Å². The number of hydrogen-bond donors (Lipinski definition) is 1. The van der Waals surface area contributed by atoms with Gasteiger partial charge in [0.2, 0.25) is 0 Å². The van der Waals surface area contributed by atoms with Crippen LogP contribution in [0.25, 0.3) is 11.1 Å². The summed E-state index contributed by atoms with van der Waals surface area (Å²) < 4.78 is 5.19. The van der Waals surface area contributed by atoms with Crippen LogP contribution in [0.5, 0.6) is 0 Å². The molecule has 26 heavy (non-hydrogen) atoms. The van der Waals surface area contributed by atoms with Crippen molar-refractivity contribution in [1.82, 2.24) is 5.32 Å². The van der Waals surface area contributed by atoms with E-state index in [0.717, 1.165) is 24.0 Å². The lowest BCUT2D eigenvalue weighted by molar-refractivity contribution is -0.125. The first-order valence-corrected chi connectivity index (χ1v) is 8.67. The van der Waals surface area contributed by atoms with Crippen molar-refractivity contribution in [3.8, 4) is 17.2 Å². The van der Waals surface area contributed by atoms with E-state index in [1.54, 1.807) is 12.1 Å². The van der Waals surface area contributed by atoms with E-state index in [9.17, 15) is 14.9 Å². The summed E-state index contributed by atoms with van der Waals surface area (Å²) in [6, 6.07) is 18.8. The van der Waals surface area contributed by atoms with E-state index in [1.807, 2.05) is 42.5 Å². The Kier molecular flexibility index (Phi) is 5.33. The maximum atomic E-state index is 12.5. The molecule has 0 aliphatic heterocycles. The minimum Gasteiger partial charge on any atom is -0.452 e. The average Bonchev–Trinajstić information content (AvgIpc) is 3.15. The van der Waals surface area contributed by atoms with Crippen LogP contribution in [0.3, 0.4) is 0 Å². The summed E-state index contributed by atoms with van der Waals surface area (Å²) in [7, 11) is 0. The third-order valence-corrected chi connectivity index (χ3v) is 4.62. The molecule has 0 heterocycles. The first kappa shape index (κ1) is 17.7. The molecule has 132 valence electrons. The topological polar surface area (TPSA) is 79.2 Å². The molecule has 2 aromatic carbocycles. The fraction of sp³-hybridized carbons (Fsp3) is 0.286. The van der Waals surface area contributed by atoms with E-state index in [1.165, 1.54) is 0 Å². The Balaban J connectivity index is 1.66. The molecule has 3 rings (SSSR count). The predicted octanol–water partition coefficient (Wildman–Crippen LogP) is 3.46. The normalized spacial score (nSPS) is 15.0. The first-order chi connectivity index (χ1) is 12.6. The van der Waals surface area contributed by atoms with Crippen LogP contribution in [0.1, 0.15) is 36.0 Å².